The van der Waals surface area contributed by atoms with Crippen molar-refractivity contribution in [3.63, 3.8) is 0 Å². The van der Waals surface area contributed by atoms with Gasteiger partial charge in [0.25, 0.3) is 11.8 Å². The zero-order valence-corrected chi connectivity index (χ0v) is 20.0. The Morgan fingerprint density at radius 3 is 2.17 bits per heavy atom. The van der Waals surface area contributed by atoms with Gasteiger partial charge >= 0.3 is 6.03 Å². The number of amides is 4. The Hall–Kier alpha value is -4.39. The molecular formula is C28H26N2O5. The second-order valence-corrected chi connectivity index (χ2v) is 8.40. The summed E-state index contributed by atoms with van der Waals surface area (Å²) in [5.41, 5.74) is 5.32. The topological polar surface area (TPSA) is 84.9 Å². The first-order valence-corrected chi connectivity index (χ1v) is 11.1. The van der Waals surface area contributed by atoms with Crippen molar-refractivity contribution in [2.24, 2.45) is 0 Å². The number of carbonyl (C=O) groups is 3. The van der Waals surface area contributed by atoms with E-state index in [1.165, 1.54) is 29.9 Å². The van der Waals surface area contributed by atoms with Gasteiger partial charge in [0.1, 0.15) is 17.1 Å². The van der Waals surface area contributed by atoms with E-state index in [1.54, 1.807) is 37.4 Å². The molecule has 0 bridgehead atoms. The van der Waals surface area contributed by atoms with Crippen LogP contribution in [0, 0.1) is 13.8 Å². The van der Waals surface area contributed by atoms with Crippen LogP contribution in [0.25, 0.3) is 6.08 Å². The largest absolute Gasteiger partial charge is 0.497 e. The molecule has 3 aromatic rings. The van der Waals surface area contributed by atoms with Gasteiger partial charge in [0.05, 0.1) is 19.9 Å². The summed E-state index contributed by atoms with van der Waals surface area (Å²) in [5, 5.41) is 2.24. The lowest BCUT2D eigenvalue weighted by molar-refractivity contribution is -0.122. The van der Waals surface area contributed by atoms with Gasteiger partial charge in [0, 0.05) is 6.42 Å². The summed E-state index contributed by atoms with van der Waals surface area (Å²) in [6.45, 7) is 4.13. The van der Waals surface area contributed by atoms with E-state index in [2.05, 4.69) is 37.4 Å². The van der Waals surface area contributed by atoms with Gasteiger partial charge in [-0.25, -0.2) is 9.69 Å². The minimum Gasteiger partial charge on any atom is -0.497 e. The molecule has 1 saturated heterocycles. The first kappa shape index (κ1) is 23.8. The number of ether oxygens (including phenoxy) is 2. The molecule has 4 rings (SSSR count). The molecule has 0 saturated carbocycles. The Morgan fingerprint density at radius 1 is 0.857 bits per heavy atom. The van der Waals surface area contributed by atoms with Crippen LogP contribution in [-0.2, 0) is 16.0 Å². The number of aryl methyl sites for hydroxylation is 2. The second kappa shape index (κ2) is 9.85. The molecule has 0 spiro atoms. The van der Waals surface area contributed by atoms with Crippen LogP contribution in [0.5, 0.6) is 11.5 Å². The fourth-order valence-electron chi connectivity index (χ4n) is 4.18. The van der Waals surface area contributed by atoms with Gasteiger partial charge < -0.3 is 9.47 Å². The molecule has 1 N–H and O–H groups in total. The SMILES string of the molecule is COc1ccc(N2C(=O)NC(=O)/C(=C\c3ccc(Cc4cc(C)cc(C)c4)c(OC)c3)C2=O)cc1. The van der Waals surface area contributed by atoms with Crippen LogP contribution in [-0.4, -0.2) is 32.1 Å². The van der Waals surface area contributed by atoms with Crippen LogP contribution in [0.4, 0.5) is 10.5 Å². The van der Waals surface area contributed by atoms with E-state index in [4.69, 9.17) is 9.47 Å². The molecule has 0 radical (unpaired) electrons. The predicted molar refractivity (Wildman–Crippen MR) is 134 cm³/mol. The van der Waals surface area contributed by atoms with Crippen LogP contribution in [0.1, 0.15) is 27.8 Å². The quantitative estimate of drug-likeness (QED) is 0.421. The summed E-state index contributed by atoms with van der Waals surface area (Å²) in [5.74, 6) is -0.228. The standard InChI is InChI=1S/C28H26N2O5/c1-17-11-18(2)13-20(12-17)14-21-6-5-19(16-25(21)35-4)15-24-26(31)29-28(33)30(27(24)32)22-7-9-23(34-3)10-8-22/h5-13,15-16H,14H2,1-4H3,(H,29,31,33)/b24-15+. The fraction of sp³-hybridized carbons (Fsp3) is 0.179. The predicted octanol–water partition coefficient (Wildman–Crippen LogP) is 4.58. The Balaban J connectivity index is 1.64. The van der Waals surface area contributed by atoms with Crippen LogP contribution in [0.15, 0.2) is 66.2 Å². The van der Waals surface area contributed by atoms with Gasteiger partial charge in [0.15, 0.2) is 0 Å². The highest BCUT2D eigenvalue weighted by molar-refractivity contribution is 6.39. The van der Waals surface area contributed by atoms with E-state index in [-0.39, 0.29) is 5.57 Å². The van der Waals surface area contributed by atoms with E-state index in [0.29, 0.717) is 29.2 Å². The van der Waals surface area contributed by atoms with Crippen molar-refractivity contribution in [1.82, 2.24) is 5.32 Å². The summed E-state index contributed by atoms with van der Waals surface area (Å²) in [4.78, 5) is 39.0. The molecule has 1 aliphatic rings. The minimum absolute atomic E-state index is 0.149. The molecule has 1 heterocycles. The number of imide groups is 2. The summed E-state index contributed by atoms with van der Waals surface area (Å²) in [6.07, 6.45) is 2.14. The number of rotatable bonds is 6. The molecule has 7 heteroatoms. The molecule has 35 heavy (non-hydrogen) atoms. The third-order valence-corrected chi connectivity index (χ3v) is 5.73. The first-order chi connectivity index (χ1) is 16.8. The lowest BCUT2D eigenvalue weighted by Crippen LogP contribution is -2.54. The molecule has 0 aliphatic carbocycles. The molecule has 178 valence electrons. The number of benzene rings is 3. The van der Waals surface area contributed by atoms with Crippen LogP contribution >= 0.6 is 0 Å². The Bertz CT molecular complexity index is 1320. The molecule has 0 unspecified atom stereocenters. The van der Waals surface area contributed by atoms with Crippen molar-refractivity contribution in [3.05, 3.63) is 94.1 Å². The van der Waals surface area contributed by atoms with Crippen molar-refractivity contribution in [3.8, 4) is 11.5 Å². The number of hydrogen-bond acceptors (Lipinski definition) is 5. The average molecular weight is 471 g/mol. The van der Waals surface area contributed by atoms with Crippen molar-refractivity contribution < 1.29 is 23.9 Å². The number of urea groups is 1. The number of barbiturate groups is 1. The molecule has 1 fully saturated rings. The van der Waals surface area contributed by atoms with Crippen LogP contribution in [0.3, 0.4) is 0 Å². The molecule has 1 aliphatic heterocycles. The maximum absolute atomic E-state index is 13.1. The van der Waals surface area contributed by atoms with Gasteiger partial charge in [-0.15, -0.1) is 0 Å². The Labute approximate surface area is 204 Å². The minimum atomic E-state index is -0.802. The number of anilines is 1. The van der Waals surface area contributed by atoms with Gasteiger partial charge in [-0.3, -0.25) is 14.9 Å². The highest BCUT2D eigenvalue weighted by Crippen LogP contribution is 2.27. The Kier molecular flexibility index (Phi) is 6.68. The number of nitrogens with zero attached hydrogens (tertiary/aromatic N) is 1. The van der Waals surface area contributed by atoms with E-state index in [9.17, 15) is 14.4 Å². The van der Waals surface area contributed by atoms with Crippen molar-refractivity contribution in [2.75, 3.05) is 19.1 Å². The highest BCUT2D eigenvalue weighted by atomic mass is 16.5. The monoisotopic (exact) mass is 470 g/mol. The normalized spacial score (nSPS) is 14.8. The molecule has 4 amide bonds. The fourth-order valence-corrected chi connectivity index (χ4v) is 4.18. The van der Waals surface area contributed by atoms with Crippen LogP contribution in [0.2, 0.25) is 0 Å². The van der Waals surface area contributed by atoms with E-state index in [1.807, 2.05) is 12.1 Å². The van der Waals surface area contributed by atoms with E-state index >= 15 is 0 Å². The van der Waals surface area contributed by atoms with Gasteiger partial charge in [-0.05, 0) is 66.9 Å². The lowest BCUT2D eigenvalue weighted by Gasteiger charge is -2.26. The van der Waals surface area contributed by atoms with Crippen molar-refractivity contribution >= 4 is 29.6 Å². The van der Waals surface area contributed by atoms with Crippen molar-refractivity contribution in [1.29, 1.82) is 0 Å². The van der Waals surface area contributed by atoms with Crippen molar-refractivity contribution in [2.45, 2.75) is 20.3 Å². The maximum atomic E-state index is 13.1. The highest BCUT2D eigenvalue weighted by Gasteiger charge is 2.36. The number of methoxy groups -OCH3 is 2. The Morgan fingerprint density at radius 2 is 1.54 bits per heavy atom. The smallest absolute Gasteiger partial charge is 0.335 e. The second-order valence-electron chi connectivity index (χ2n) is 8.40. The number of carbonyl (C=O) groups excluding carboxylic acids is 3. The summed E-state index contributed by atoms with van der Waals surface area (Å²) >= 11 is 0. The average Bonchev–Trinajstić information content (AvgIpc) is 2.82. The molecule has 3 aromatic carbocycles. The molecular weight excluding hydrogens is 444 g/mol. The zero-order chi connectivity index (χ0) is 25.1. The van der Waals surface area contributed by atoms with E-state index < -0.39 is 17.8 Å². The number of hydrogen-bond donors (Lipinski definition) is 1. The van der Waals surface area contributed by atoms with Gasteiger partial charge in [-0.2, -0.15) is 0 Å². The first-order valence-electron chi connectivity index (χ1n) is 11.1. The molecule has 0 atom stereocenters. The molecule has 0 aromatic heterocycles. The van der Waals surface area contributed by atoms with Gasteiger partial charge in [0.2, 0.25) is 0 Å². The maximum Gasteiger partial charge on any atom is 0.335 e. The van der Waals surface area contributed by atoms with Crippen LogP contribution < -0.4 is 19.7 Å². The third-order valence-electron chi connectivity index (χ3n) is 5.73. The molecule has 7 nitrogen and oxygen atoms in total. The summed E-state index contributed by atoms with van der Waals surface area (Å²) in [7, 11) is 3.11. The lowest BCUT2D eigenvalue weighted by atomic mass is 9.98. The zero-order valence-electron chi connectivity index (χ0n) is 20.0. The third kappa shape index (κ3) is 5.09. The number of nitrogens with one attached hydrogen (secondary N) is 1. The van der Waals surface area contributed by atoms with E-state index in [0.717, 1.165) is 10.5 Å². The summed E-state index contributed by atoms with van der Waals surface area (Å²) in [6, 6.07) is 17.5. The summed E-state index contributed by atoms with van der Waals surface area (Å²) < 4.78 is 10.7. The van der Waals surface area contributed by atoms with Gasteiger partial charge in [-0.1, -0.05) is 41.5 Å².